The van der Waals surface area contributed by atoms with E-state index < -0.39 is 17.7 Å². The van der Waals surface area contributed by atoms with Gasteiger partial charge in [-0.1, -0.05) is 12.1 Å². The number of carbonyl (C=O) groups is 3. The zero-order valence-corrected chi connectivity index (χ0v) is 17.5. The molecular formula is C22H18N2O5S. The number of ether oxygens (including phenoxy) is 2. The van der Waals surface area contributed by atoms with Crippen LogP contribution < -0.4 is 0 Å². The van der Waals surface area contributed by atoms with Crippen LogP contribution >= 0.6 is 11.3 Å². The molecular weight excluding hydrogens is 404 g/mol. The maximum Gasteiger partial charge on any atom is 0.348 e. The Morgan fingerprint density at radius 1 is 1.13 bits per heavy atom. The van der Waals surface area contributed by atoms with Crippen molar-refractivity contribution in [2.75, 3.05) is 13.7 Å². The standard InChI is InChI=1S/C22H18N2O5S/c1-4-29-22(27)20-13(2)17(12-24)19(30-20)10-18(25)16(11-23)9-14-5-7-15(8-6-14)21(26)28-3/h5-9H,4,10H2,1-3H3/b16-9+. The molecule has 1 aromatic carbocycles. The zero-order valence-electron chi connectivity index (χ0n) is 16.6. The molecule has 0 fully saturated rings. The van der Waals surface area contributed by atoms with Crippen LogP contribution in [0.4, 0.5) is 0 Å². The van der Waals surface area contributed by atoms with Crippen LogP contribution in [-0.4, -0.2) is 31.4 Å². The Morgan fingerprint density at radius 2 is 1.80 bits per heavy atom. The van der Waals surface area contributed by atoms with Gasteiger partial charge in [0.25, 0.3) is 0 Å². The molecule has 8 heteroatoms. The molecule has 0 amide bonds. The second-order valence-electron chi connectivity index (χ2n) is 6.07. The molecule has 0 saturated heterocycles. The van der Waals surface area contributed by atoms with Crippen LogP contribution in [0.25, 0.3) is 6.08 Å². The van der Waals surface area contributed by atoms with E-state index in [-0.39, 0.29) is 29.0 Å². The highest BCUT2D eigenvalue weighted by molar-refractivity contribution is 7.14. The van der Waals surface area contributed by atoms with Crippen LogP contribution in [0.2, 0.25) is 0 Å². The Kier molecular flexibility index (Phi) is 7.62. The van der Waals surface area contributed by atoms with E-state index in [1.54, 1.807) is 26.0 Å². The lowest BCUT2D eigenvalue weighted by Gasteiger charge is -2.01. The molecule has 0 bridgehead atoms. The number of Topliss-reactive ketones (excluding diaryl/α,β-unsaturated/α-hetero) is 1. The van der Waals surface area contributed by atoms with Crippen molar-refractivity contribution in [3.63, 3.8) is 0 Å². The highest BCUT2D eigenvalue weighted by atomic mass is 32.1. The fourth-order valence-electron chi connectivity index (χ4n) is 2.65. The molecule has 2 aromatic rings. The lowest BCUT2D eigenvalue weighted by atomic mass is 10.0. The minimum Gasteiger partial charge on any atom is -0.465 e. The van der Waals surface area contributed by atoms with E-state index in [1.807, 2.05) is 12.1 Å². The summed E-state index contributed by atoms with van der Waals surface area (Å²) in [7, 11) is 1.28. The molecule has 152 valence electrons. The molecule has 1 heterocycles. The predicted octanol–water partition coefficient (Wildman–Crippen LogP) is 3.61. The summed E-state index contributed by atoms with van der Waals surface area (Å²) < 4.78 is 9.62. The number of ketones is 1. The molecule has 0 spiro atoms. The van der Waals surface area contributed by atoms with Gasteiger partial charge in [-0.05, 0) is 43.2 Å². The van der Waals surface area contributed by atoms with Gasteiger partial charge in [0.2, 0.25) is 0 Å². The van der Waals surface area contributed by atoms with Gasteiger partial charge in [0.05, 0.1) is 30.4 Å². The van der Waals surface area contributed by atoms with Gasteiger partial charge in [-0.2, -0.15) is 10.5 Å². The van der Waals surface area contributed by atoms with Crippen LogP contribution in [-0.2, 0) is 20.7 Å². The van der Waals surface area contributed by atoms with E-state index >= 15 is 0 Å². The van der Waals surface area contributed by atoms with Crippen molar-refractivity contribution in [2.45, 2.75) is 20.3 Å². The Morgan fingerprint density at radius 3 is 2.33 bits per heavy atom. The summed E-state index contributed by atoms with van der Waals surface area (Å²) in [5.41, 5.74) is 1.51. The maximum atomic E-state index is 12.7. The van der Waals surface area contributed by atoms with Crippen molar-refractivity contribution in [2.24, 2.45) is 0 Å². The topological polar surface area (TPSA) is 117 Å². The number of thiophene rings is 1. The van der Waals surface area contributed by atoms with Gasteiger partial charge in [0, 0.05) is 11.3 Å². The number of esters is 2. The molecule has 0 aliphatic carbocycles. The second kappa shape index (κ2) is 10.1. The number of carbonyl (C=O) groups excluding carboxylic acids is 3. The van der Waals surface area contributed by atoms with E-state index in [0.717, 1.165) is 11.3 Å². The van der Waals surface area contributed by atoms with Crippen LogP contribution in [0.15, 0.2) is 29.8 Å². The van der Waals surface area contributed by atoms with Gasteiger partial charge in [-0.3, -0.25) is 4.79 Å². The summed E-state index contributed by atoms with van der Waals surface area (Å²) in [5.74, 6) is -1.52. The Bertz CT molecular complexity index is 1100. The van der Waals surface area contributed by atoms with E-state index in [1.165, 1.54) is 25.3 Å². The summed E-state index contributed by atoms with van der Waals surface area (Å²) >= 11 is 1.02. The first kappa shape index (κ1) is 22.5. The highest BCUT2D eigenvalue weighted by Crippen LogP contribution is 2.29. The molecule has 7 nitrogen and oxygen atoms in total. The largest absolute Gasteiger partial charge is 0.465 e. The number of allylic oxidation sites excluding steroid dienone is 1. The lowest BCUT2D eigenvalue weighted by molar-refractivity contribution is -0.114. The molecule has 0 N–H and O–H groups in total. The third-order valence-electron chi connectivity index (χ3n) is 4.18. The number of benzene rings is 1. The predicted molar refractivity (Wildman–Crippen MR) is 110 cm³/mol. The van der Waals surface area contributed by atoms with Crippen LogP contribution in [0, 0.1) is 29.6 Å². The lowest BCUT2D eigenvalue weighted by Crippen LogP contribution is -2.05. The smallest absolute Gasteiger partial charge is 0.348 e. The number of nitrogens with zero attached hydrogens (tertiary/aromatic N) is 2. The van der Waals surface area contributed by atoms with Gasteiger partial charge >= 0.3 is 11.9 Å². The fourth-order valence-corrected chi connectivity index (χ4v) is 3.80. The Labute approximate surface area is 177 Å². The normalized spacial score (nSPS) is 10.6. The number of hydrogen-bond acceptors (Lipinski definition) is 8. The first-order chi connectivity index (χ1) is 14.4. The molecule has 2 rings (SSSR count). The number of nitriles is 2. The maximum absolute atomic E-state index is 12.7. The van der Waals surface area contributed by atoms with Crippen LogP contribution in [0.5, 0.6) is 0 Å². The van der Waals surface area contributed by atoms with Crippen LogP contribution in [0.3, 0.4) is 0 Å². The first-order valence-electron chi connectivity index (χ1n) is 8.89. The molecule has 0 aliphatic heterocycles. The Hall–Kier alpha value is -3.75. The molecule has 0 saturated carbocycles. The summed E-state index contributed by atoms with van der Waals surface area (Å²) in [5, 5.41) is 18.8. The SMILES string of the molecule is CCOC(=O)c1sc(CC(=O)/C(C#N)=C/c2ccc(C(=O)OC)cc2)c(C#N)c1C. The number of hydrogen-bond donors (Lipinski definition) is 0. The third-order valence-corrected chi connectivity index (χ3v) is 5.45. The van der Waals surface area contributed by atoms with Gasteiger partial charge in [0.15, 0.2) is 5.78 Å². The van der Waals surface area contributed by atoms with E-state index in [2.05, 4.69) is 4.74 Å². The zero-order chi connectivity index (χ0) is 22.3. The summed E-state index contributed by atoms with van der Waals surface area (Å²) in [6.45, 7) is 3.50. The van der Waals surface area contributed by atoms with Gasteiger partial charge < -0.3 is 9.47 Å². The van der Waals surface area contributed by atoms with Gasteiger partial charge in [-0.15, -0.1) is 11.3 Å². The van der Waals surface area contributed by atoms with E-state index in [0.29, 0.717) is 21.6 Å². The Balaban J connectivity index is 2.29. The molecule has 0 unspecified atom stereocenters. The highest BCUT2D eigenvalue weighted by Gasteiger charge is 2.23. The average Bonchev–Trinajstić information content (AvgIpc) is 3.06. The summed E-state index contributed by atoms with van der Waals surface area (Å²) in [4.78, 5) is 36.9. The molecule has 1 aromatic heterocycles. The van der Waals surface area contributed by atoms with Crippen molar-refractivity contribution in [1.29, 1.82) is 10.5 Å². The molecule has 30 heavy (non-hydrogen) atoms. The van der Waals surface area contributed by atoms with Crippen molar-refractivity contribution in [3.05, 3.63) is 61.8 Å². The van der Waals surface area contributed by atoms with Gasteiger partial charge in [-0.25, -0.2) is 9.59 Å². The second-order valence-corrected chi connectivity index (χ2v) is 7.18. The third kappa shape index (κ3) is 4.99. The first-order valence-corrected chi connectivity index (χ1v) is 9.70. The van der Waals surface area contributed by atoms with Crippen LogP contribution in [0.1, 0.15) is 48.5 Å². The summed E-state index contributed by atoms with van der Waals surface area (Å²) in [6, 6.07) is 10.1. The quantitative estimate of drug-likeness (QED) is 0.380. The van der Waals surface area contributed by atoms with Crippen molar-refractivity contribution < 1.29 is 23.9 Å². The summed E-state index contributed by atoms with van der Waals surface area (Å²) in [6.07, 6.45) is 1.22. The monoisotopic (exact) mass is 422 g/mol. The van der Waals surface area contributed by atoms with Crippen molar-refractivity contribution >= 4 is 35.1 Å². The molecule has 0 radical (unpaired) electrons. The van der Waals surface area contributed by atoms with Crippen molar-refractivity contribution in [3.8, 4) is 12.1 Å². The molecule has 0 aliphatic rings. The average molecular weight is 422 g/mol. The van der Waals surface area contributed by atoms with E-state index in [9.17, 15) is 24.9 Å². The minimum absolute atomic E-state index is 0.103. The number of rotatable bonds is 7. The fraction of sp³-hybridized carbons (Fsp3) is 0.227. The van der Waals surface area contributed by atoms with Crippen molar-refractivity contribution in [1.82, 2.24) is 0 Å². The number of methoxy groups -OCH3 is 1. The molecule has 0 atom stereocenters. The minimum atomic E-state index is -0.544. The van der Waals surface area contributed by atoms with E-state index in [4.69, 9.17) is 4.74 Å². The van der Waals surface area contributed by atoms with Gasteiger partial charge in [0.1, 0.15) is 17.0 Å².